The van der Waals surface area contributed by atoms with Crippen molar-refractivity contribution in [1.29, 1.82) is 0 Å². The lowest BCUT2D eigenvalue weighted by atomic mass is 10.1. The van der Waals surface area contributed by atoms with Gasteiger partial charge in [0, 0.05) is 16.7 Å². The summed E-state index contributed by atoms with van der Waals surface area (Å²) in [4.78, 5) is 22.5. The van der Waals surface area contributed by atoms with Crippen molar-refractivity contribution in [2.75, 3.05) is 6.54 Å². The first-order chi connectivity index (χ1) is 10.0. The van der Waals surface area contributed by atoms with Gasteiger partial charge in [-0.15, -0.1) is 0 Å². The van der Waals surface area contributed by atoms with Gasteiger partial charge in [0.1, 0.15) is 0 Å². The Labute approximate surface area is 133 Å². The normalized spacial score (nSPS) is 12.5. The smallest absolute Gasteiger partial charge is 0.333 e. The summed E-state index contributed by atoms with van der Waals surface area (Å²) < 4.78 is 5.25. The zero-order valence-corrected chi connectivity index (χ0v) is 14.2. The van der Waals surface area contributed by atoms with E-state index < -0.39 is 11.9 Å². The predicted molar refractivity (Wildman–Crippen MR) is 87.7 cm³/mol. The fraction of sp³-hybridized carbons (Fsp3) is 0.647. The van der Waals surface area contributed by atoms with Gasteiger partial charge in [0.05, 0.1) is 6.10 Å². The molecule has 22 heavy (non-hydrogen) atoms. The molecule has 1 unspecified atom stereocenters. The summed E-state index contributed by atoms with van der Waals surface area (Å²) >= 11 is 0. The molecule has 0 aromatic heterocycles. The van der Waals surface area contributed by atoms with Gasteiger partial charge in [0.25, 0.3) is 0 Å². The first-order valence-electron chi connectivity index (χ1n) is 7.58. The van der Waals surface area contributed by atoms with Crippen LogP contribution in [0.25, 0.3) is 0 Å². The second-order valence-corrected chi connectivity index (χ2v) is 6.55. The monoisotopic (exact) mass is 311 g/mol. The van der Waals surface area contributed by atoms with Crippen LogP contribution in [0.15, 0.2) is 24.3 Å². The Hall–Kier alpha value is -1.62. The van der Waals surface area contributed by atoms with Crippen molar-refractivity contribution in [1.82, 2.24) is 5.32 Å². The first kappa shape index (κ1) is 20.4. The maximum atomic E-state index is 11.8. The molecule has 0 aromatic rings. The number of carboxylic acid groups (broad SMARTS) is 1. The molecule has 0 fully saturated rings. The SMILES string of the molecule is C=C(CCC(C)OC(=O)C(=C)CCCNC(C)(C)C)C(=O)O. The Balaban J connectivity index is 3.97. The van der Waals surface area contributed by atoms with Gasteiger partial charge in [-0.3, -0.25) is 0 Å². The summed E-state index contributed by atoms with van der Waals surface area (Å²) in [5.74, 6) is -1.43. The Morgan fingerprint density at radius 3 is 2.27 bits per heavy atom. The van der Waals surface area contributed by atoms with Gasteiger partial charge in [0.2, 0.25) is 0 Å². The number of nitrogens with one attached hydrogen (secondary N) is 1. The van der Waals surface area contributed by atoms with Crippen molar-refractivity contribution in [3.63, 3.8) is 0 Å². The van der Waals surface area contributed by atoms with Crippen LogP contribution in [0.4, 0.5) is 0 Å². The molecule has 0 saturated heterocycles. The van der Waals surface area contributed by atoms with Crippen molar-refractivity contribution in [2.24, 2.45) is 0 Å². The number of rotatable bonds is 10. The van der Waals surface area contributed by atoms with E-state index >= 15 is 0 Å². The zero-order chi connectivity index (χ0) is 17.3. The minimum absolute atomic E-state index is 0.0584. The lowest BCUT2D eigenvalue weighted by Crippen LogP contribution is -2.36. The summed E-state index contributed by atoms with van der Waals surface area (Å²) in [6.07, 6.45) is 1.78. The van der Waals surface area contributed by atoms with E-state index in [1.165, 1.54) is 0 Å². The molecule has 0 radical (unpaired) electrons. The molecule has 0 rings (SSSR count). The summed E-state index contributed by atoms with van der Waals surface area (Å²) in [7, 11) is 0. The second kappa shape index (κ2) is 9.41. The molecule has 1 atom stereocenters. The van der Waals surface area contributed by atoms with E-state index in [2.05, 4.69) is 39.2 Å². The first-order valence-corrected chi connectivity index (χ1v) is 7.58. The minimum atomic E-state index is -1.02. The van der Waals surface area contributed by atoms with Gasteiger partial charge in [-0.05, 0) is 59.9 Å². The highest BCUT2D eigenvalue weighted by atomic mass is 16.5. The molecule has 0 spiro atoms. The highest BCUT2D eigenvalue weighted by molar-refractivity contribution is 5.87. The van der Waals surface area contributed by atoms with Crippen molar-refractivity contribution in [3.8, 4) is 0 Å². The molecule has 0 aromatic carbocycles. The van der Waals surface area contributed by atoms with Gasteiger partial charge >= 0.3 is 11.9 Å². The Bertz CT molecular complexity index is 421. The Morgan fingerprint density at radius 2 is 1.77 bits per heavy atom. The van der Waals surface area contributed by atoms with Crippen LogP contribution < -0.4 is 5.32 Å². The lowest BCUT2D eigenvalue weighted by Gasteiger charge is -2.20. The average Bonchev–Trinajstić information content (AvgIpc) is 2.39. The number of carbonyl (C=O) groups excluding carboxylic acids is 1. The number of ether oxygens (including phenoxy) is 1. The van der Waals surface area contributed by atoms with Crippen LogP contribution in [0, 0.1) is 0 Å². The van der Waals surface area contributed by atoms with Crippen molar-refractivity contribution in [2.45, 2.75) is 65.0 Å². The summed E-state index contributed by atoms with van der Waals surface area (Å²) in [5, 5.41) is 12.1. The topological polar surface area (TPSA) is 75.6 Å². The van der Waals surface area contributed by atoms with E-state index in [9.17, 15) is 9.59 Å². The van der Waals surface area contributed by atoms with Crippen molar-refractivity contribution < 1.29 is 19.4 Å². The van der Waals surface area contributed by atoms with Crippen molar-refractivity contribution >= 4 is 11.9 Å². The number of aliphatic carboxylic acids is 1. The third-order valence-electron chi connectivity index (χ3n) is 3.06. The van der Waals surface area contributed by atoms with Crippen LogP contribution in [0.5, 0.6) is 0 Å². The van der Waals surface area contributed by atoms with E-state index in [1.807, 2.05) is 0 Å². The Morgan fingerprint density at radius 1 is 1.18 bits per heavy atom. The number of hydrogen-bond acceptors (Lipinski definition) is 4. The number of carboxylic acids is 1. The molecule has 0 amide bonds. The standard InChI is InChI=1S/C17H29NO4/c1-12(15(19)20)9-10-14(3)22-16(21)13(2)8-7-11-18-17(4,5)6/h14,18H,1-2,7-11H2,3-6H3,(H,19,20). The molecule has 0 heterocycles. The molecule has 0 aliphatic carbocycles. The van der Waals surface area contributed by atoms with Gasteiger partial charge in [0.15, 0.2) is 0 Å². The number of esters is 1. The molecule has 5 nitrogen and oxygen atoms in total. The van der Waals surface area contributed by atoms with Gasteiger partial charge in [-0.25, -0.2) is 9.59 Å². The van der Waals surface area contributed by atoms with E-state index in [1.54, 1.807) is 6.92 Å². The van der Waals surface area contributed by atoms with E-state index in [-0.39, 0.29) is 17.2 Å². The van der Waals surface area contributed by atoms with Crippen LogP contribution in [-0.2, 0) is 14.3 Å². The summed E-state index contributed by atoms with van der Waals surface area (Å²) in [5.41, 5.74) is 0.623. The third kappa shape index (κ3) is 10.2. The van der Waals surface area contributed by atoms with Crippen LogP contribution in [-0.4, -0.2) is 35.2 Å². The molecule has 0 bridgehead atoms. The maximum absolute atomic E-state index is 11.8. The highest BCUT2D eigenvalue weighted by Gasteiger charge is 2.15. The third-order valence-corrected chi connectivity index (χ3v) is 3.06. The van der Waals surface area contributed by atoms with Crippen LogP contribution in [0.2, 0.25) is 0 Å². The second-order valence-electron chi connectivity index (χ2n) is 6.55. The van der Waals surface area contributed by atoms with Crippen LogP contribution >= 0.6 is 0 Å². The molecule has 2 N–H and O–H groups in total. The molecular formula is C17H29NO4. The average molecular weight is 311 g/mol. The molecule has 5 heteroatoms. The zero-order valence-electron chi connectivity index (χ0n) is 14.2. The van der Waals surface area contributed by atoms with Crippen molar-refractivity contribution in [3.05, 3.63) is 24.3 Å². The number of hydrogen-bond donors (Lipinski definition) is 2. The molecule has 0 aliphatic rings. The molecular weight excluding hydrogens is 282 g/mol. The van der Waals surface area contributed by atoms with Crippen LogP contribution in [0.1, 0.15) is 53.4 Å². The minimum Gasteiger partial charge on any atom is -0.478 e. The predicted octanol–water partition coefficient (Wildman–Crippen LogP) is 3.06. The highest BCUT2D eigenvalue weighted by Crippen LogP contribution is 2.12. The molecule has 0 saturated carbocycles. The summed E-state index contributed by atoms with van der Waals surface area (Å²) in [6, 6.07) is 0. The van der Waals surface area contributed by atoms with Gasteiger partial charge in [-0.1, -0.05) is 13.2 Å². The quantitative estimate of drug-likeness (QED) is 0.368. The largest absolute Gasteiger partial charge is 0.478 e. The van der Waals surface area contributed by atoms with E-state index in [4.69, 9.17) is 9.84 Å². The van der Waals surface area contributed by atoms with E-state index in [0.717, 1.165) is 13.0 Å². The maximum Gasteiger partial charge on any atom is 0.333 e. The fourth-order valence-corrected chi connectivity index (χ4v) is 1.68. The van der Waals surface area contributed by atoms with E-state index in [0.29, 0.717) is 24.8 Å². The van der Waals surface area contributed by atoms with Gasteiger partial charge in [-0.2, -0.15) is 0 Å². The van der Waals surface area contributed by atoms with Gasteiger partial charge < -0.3 is 15.2 Å². The Kier molecular flexibility index (Phi) is 8.72. The van der Waals surface area contributed by atoms with Crippen LogP contribution in [0.3, 0.4) is 0 Å². The lowest BCUT2D eigenvalue weighted by molar-refractivity contribution is -0.143. The number of carbonyl (C=O) groups is 2. The summed E-state index contributed by atoms with van der Waals surface area (Å²) in [6.45, 7) is 16.0. The molecule has 126 valence electrons. The fourth-order valence-electron chi connectivity index (χ4n) is 1.68. The molecule has 0 aliphatic heterocycles.